The second-order valence-electron chi connectivity index (χ2n) is 5.26. The molecule has 0 radical (unpaired) electrons. The molecule has 0 aliphatic carbocycles. The fourth-order valence-corrected chi connectivity index (χ4v) is 2.89. The number of nitrogens with zero attached hydrogens (tertiary/aromatic N) is 1. The molecule has 1 rings (SSSR count). The van der Waals surface area contributed by atoms with E-state index in [9.17, 15) is 4.79 Å². The molecule has 0 bridgehead atoms. The van der Waals surface area contributed by atoms with Crippen molar-refractivity contribution in [1.29, 1.82) is 0 Å². The van der Waals surface area contributed by atoms with Crippen molar-refractivity contribution in [2.24, 2.45) is 0 Å². The predicted molar refractivity (Wildman–Crippen MR) is 73.5 cm³/mol. The molecule has 1 aliphatic rings. The van der Waals surface area contributed by atoms with Crippen molar-refractivity contribution in [3.05, 3.63) is 0 Å². The maximum absolute atomic E-state index is 11.6. The van der Waals surface area contributed by atoms with Gasteiger partial charge in [0.15, 0.2) is 0 Å². The van der Waals surface area contributed by atoms with Gasteiger partial charge in [0.1, 0.15) is 0 Å². The summed E-state index contributed by atoms with van der Waals surface area (Å²) < 4.78 is 5.87. The van der Waals surface area contributed by atoms with Crippen LogP contribution in [0.5, 0.6) is 0 Å². The summed E-state index contributed by atoms with van der Waals surface area (Å²) in [6, 6.07) is 1.06. The summed E-state index contributed by atoms with van der Waals surface area (Å²) in [6.45, 7) is 9.18. The van der Waals surface area contributed by atoms with Crippen LogP contribution in [-0.2, 0) is 4.74 Å². The quantitative estimate of drug-likeness (QED) is 0.449. The molecule has 1 aliphatic heterocycles. The standard InChI is InChI=1S/C10H20INO2Si/c1-15(2,3)7-6-14-10(13)12-5-4-9(11)8-12/h9H,4-8H2,1-3H3. The number of halogens is 1. The monoisotopic (exact) mass is 341 g/mol. The molecule has 1 heterocycles. The van der Waals surface area contributed by atoms with Crippen molar-refractivity contribution in [2.75, 3.05) is 19.7 Å². The van der Waals surface area contributed by atoms with Crippen LogP contribution in [0.15, 0.2) is 0 Å². The number of amides is 1. The summed E-state index contributed by atoms with van der Waals surface area (Å²) in [7, 11) is -1.07. The van der Waals surface area contributed by atoms with Crippen molar-refractivity contribution in [1.82, 2.24) is 4.90 Å². The van der Waals surface area contributed by atoms with Gasteiger partial charge in [0.2, 0.25) is 0 Å². The molecule has 1 amide bonds. The average molecular weight is 341 g/mol. The molecule has 15 heavy (non-hydrogen) atoms. The van der Waals surface area contributed by atoms with Crippen LogP contribution in [0.1, 0.15) is 6.42 Å². The Kier molecular flexibility index (Phi) is 4.89. The number of hydrogen-bond acceptors (Lipinski definition) is 2. The molecular formula is C10H20INO2Si. The number of carbonyl (C=O) groups is 1. The third-order valence-electron chi connectivity index (χ3n) is 2.47. The molecule has 0 N–H and O–H groups in total. The highest BCUT2D eigenvalue weighted by Gasteiger charge is 2.25. The lowest BCUT2D eigenvalue weighted by molar-refractivity contribution is 0.115. The Labute approximate surface area is 107 Å². The van der Waals surface area contributed by atoms with E-state index in [-0.39, 0.29) is 6.09 Å². The van der Waals surface area contributed by atoms with Gasteiger partial charge >= 0.3 is 6.09 Å². The van der Waals surface area contributed by atoms with E-state index in [0.717, 1.165) is 25.6 Å². The minimum absolute atomic E-state index is 0.118. The predicted octanol–water partition coefficient (Wildman–Crippen LogP) is 2.97. The summed E-state index contributed by atoms with van der Waals surface area (Å²) in [5.74, 6) is 0. The number of hydrogen-bond donors (Lipinski definition) is 0. The second kappa shape index (κ2) is 5.52. The number of rotatable bonds is 3. The lowest BCUT2D eigenvalue weighted by Crippen LogP contribution is -2.31. The zero-order chi connectivity index (χ0) is 11.5. The minimum Gasteiger partial charge on any atom is -0.450 e. The molecule has 3 nitrogen and oxygen atoms in total. The zero-order valence-corrected chi connectivity index (χ0v) is 12.9. The fourth-order valence-electron chi connectivity index (χ4n) is 1.42. The first-order chi connectivity index (χ1) is 6.88. The van der Waals surface area contributed by atoms with E-state index in [1.807, 2.05) is 4.90 Å². The molecule has 1 atom stereocenters. The second-order valence-corrected chi connectivity index (χ2v) is 12.6. The van der Waals surface area contributed by atoms with Gasteiger partial charge in [0, 0.05) is 25.1 Å². The van der Waals surface area contributed by atoms with Crippen LogP contribution in [0, 0.1) is 0 Å². The van der Waals surface area contributed by atoms with E-state index in [2.05, 4.69) is 42.2 Å². The largest absolute Gasteiger partial charge is 0.450 e. The first-order valence-corrected chi connectivity index (χ1v) is 10.4. The normalized spacial score (nSPS) is 21.9. The molecule has 5 heteroatoms. The Morgan fingerprint density at radius 1 is 1.53 bits per heavy atom. The Hall–Kier alpha value is 0.217. The molecule has 1 saturated heterocycles. The van der Waals surface area contributed by atoms with E-state index in [1.165, 1.54) is 0 Å². The van der Waals surface area contributed by atoms with E-state index in [0.29, 0.717) is 10.5 Å². The number of likely N-dealkylation sites (tertiary alicyclic amines) is 1. The number of alkyl halides is 1. The van der Waals surface area contributed by atoms with Gasteiger partial charge in [-0.25, -0.2) is 4.79 Å². The van der Waals surface area contributed by atoms with Gasteiger partial charge in [0.25, 0.3) is 0 Å². The Morgan fingerprint density at radius 3 is 2.67 bits per heavy atom. The van der Waals surface area contributed by atoms with Crippen LogP contribution in [0.4, 0.5) is 4.79 Å². The van der Waals surface area contributed by atoms with Gasteiger partial charge in [-0.1, -0.05) is 42.2 Å². The topological polar surface area (TPSA) is 29.5 Å². The van der Waals surface area contributed by atoms with Gasteiger partial charge in [-0.15, -0.1) is 0 Å². The molecule has 0 spiro atoms. The van der Waals surface area contributed by atoms with Crippen LogP contribution in [0.25, 0.3) is 0 Å². The average Bonchev–Trinajstić information content (AvgIpc) is 2.49. The smallest absolute Gasteiger partial charge is 0.409 e. The van der Waals surface area contributed by atoms with Crippen molar-refractivity contribution in [2.45, 2.75) is 36.0 Å². The van der Waals surface area contributed by atoms with Crippen LogP contribution in [-0.4, -0.2) is 42.7 Å². The van der Waals surface area contributed by atoms with E-state index in [1.54, 1.807) is 0 Å². The maximum Gasteiger partial charge on any atom is 0.409 e. The minimum atomic E-state index is -1.07. The Morgan fingerprint density at radius 2 is 2.20 bits per heavy atom. The summed E-state index contributed by atoms with van der Waals surface area (Å²) in [4.78, 5) is 13.4. The van der Waals surface area contributed by atoms with Crippen molar-refractivity contribution in [3.63, 3.8) is 0 Å². The van der Waals surface area contributed by atoms with Gasteiger partial charge in [0.05, 0.1) is 6.61 Å². The Balaban J connectivity index is 2.19. The van der Waals surface area contributed by atoms with Crippen molar-refractivity contribution < 1.29 is 9.53 Å². The van der Waals surface area contributed by atoms with Gasteiger partial charge in [-0.3, -0.25) is 0 Å². The highest BCUT2D eigenvalue weighted by molar-refractivity contribution is 14.1. The molecule has 0 saturated carbocycles. The van der Waals surface area contributed by atoms with Gasteiger partial charge in [-0.2, -0.15) is 0 Å². The van der Waals surface area contributed by atoms with Crippen LogP contribution < -0.4 is 0 Å². The van der Waals surface area contributed by atoms with Crippen LogP contribution >= 0.6 is 22.6 Å². The maximum atomic E-state index is 11.6. The first kappa shape index (κ1) is 13.3. The lowest BCUT2D eigenvalue weighted by Gasteiger charge is -2.18. The zero-order valence-electron chi connectivity index (χ0n) is 9.75. The molecule has 0 aromatic heterocycles. The summed E-state index contributed by atoms with van der Waals surface area (Å²) in [5, 5.41) is 0. The molecular weight excluding hydrogens is 321 g/mol. The van der Waals surface area contributed by atoms with Crippen molar-refractivity contribution in [3.8, 4) is 0 Å². The summed E-state index contributed by atoms with van der Waals surface area (Å²) >= 11 is 2.39. The Bertz CT molecular complexity index is 230. The van der Waals surface area contributed by atoms with Crippen LogP contribution in [0.3, 0.4) is 0 Å². The van der Waals surface area contributed by atoms with E-state index in [4.69, 9.17) is 4.74 Å². The third-order valence-corrected chi connectivity index (χ3v) is 5.19. The van der Waals surface area contributed by atoms with E-state index < -0.39 is 8.07 Å². The number of carbonyl (C=O) groups excluding carboxylic acids is 1. The molecule has 88 valence electrons. The third kappa shape index (κ3) is 5.19. The molecule has 0 aromatic rings. The van der Waals surface area contributed by atoms with Crippen LogP contribution in [0.2, 0.25) is 25.7 Å². The van der Waals surface area contributed by atoms with Gasteiger partial charge in [-0.05, 0) is 12.5 Å². The summed E-state index contributed by atoms with van der Waals surface area (Å²) in [5.41, 5.74) is 0. The molecule has 1 unspecified atom stereocenters. The summed E-state index contributed by atoms with van der Waals surface area (Å²) in [6.07, 6.45) is 0.983. The first-order valence-electron chi connectivity index (χ1n) is 5.44. The van der Waals surface area contributed by atoms with Crippen molar-refractivity contribution >= 4 is 36.8 Å². The SMILES string of the molecule is C[Si](C)(C)CCOC(=O)N1CCC(I)C1. The number of ether oxygens (including phenoxy) is 1. The highest BCUT2D eigenvalue weighted by atomic mass is 127. The molecule has 1 fully saturated rings. The fraction of sp³-hybridized carbons (Fsp3) is 0.900. The lowest BCUT2D eigenvalue weighted by atomic mass is 10.4. The van der Waals surface area contributed by atoms with E-state index >= 15 is 0 Å². The van der Waals surface area contributed by atoms with Gasteiger partial charge < -0.3 is 9.64 Å². The molecule has 0 aromatic carbocycles. The highest BCUT2D eigenvalue weighted by Crippen LogP contribution is 2.18.